The number of rotatable bonds is 10. The largest absolute Gasteiger partial charge is 0.376 e. The Morgan fingerprint density at radius 3 is 2.42 bits per heavy atom. The van der Waals surface area contributed by atoms with Gasteiger partial charge in [0, 0.05) is 17.7 Å². The Morgan fingerprint density at radius 1 is 0.935 bits per heavy atom. The molecule has 0 amide bonds. The van der Waals surface area contributed by atoms with Crippen molar-refractivity contribution in [1.82, 2.24) is 0 Å². The van der Waals surface area contributed by atoms with Crippen molar-refractivity contribution in [2.45, 2.75) is 77.4 Å². The SMILES string of the molecule is CCCCCc1ccc(-c2ccc(C3CCC(OCCCC)CO3)c(F)c2F)cc1F. The van der Waals surface area contributed by atoms with Crippen molar-refractivity contribution in [2.24, 2.45) is 0 Å². The minimum absolute atomic E-state index is 0.00815. The zero-order chi connectivity index (χ0) is 22.2. The maximum absolute atomic E-state index is 14.9. The molecule has 1 heterocycles. The summed E-state index contributed by atoms with van der Waals surface area (Å²) in [6.45, 7) is 5.27. The van der Waals surface area contributed by atoms with Crippen LogP contribution in [0.5, 0.6) is 0 Å². The number of halogens is 3. The first-order valence-electron chi connectivity index (χ1n) is 11.5. The lowest BCUT2D eigenvalue weighted by molar-refractivity contribution is -0.0881. The van der Waals surface area contributed by atoms with Gasteiger partial charge in [0.25, 0.3) is 0 Å². The molecule has 0 bridgehead atoms. The lowest BCUT2D eigenvalue weighted by Gasteiger charge is -2.29. The maximum Gasteiger partial charge on any atom is 0.167 e. The van der Waals surface area contributed by atoms with Crippen molar-refractivity contribution in [3.8, 4) is 11.1 Å². The fourth-order valence-corrected chi connectivity index (χ4v) is 4.02. The van der Waals surface area contributed by atoms with Crippen LogP contribution in [0, 0.1) is 17.5 Å². The molecule has 2 atom stereocenters. The average Bonchev–Trinajstić information content (AvgIpc) is 2.78. The molecular formula is C26H33F3O2. The Labute approximate surface area is 183 Å². The van der Waals surface area contributed by atoms with E-state index in [1.54, 1.807) is 18.2 Å². The summed E-state index contributed by atoms with van der Waals surface area (Å²) in [5.41, 5.74) is 1.23. The van der Waals surface area contributed by atoms with Crippen molar-refractivity contribution in [3.05, 3.63) is 58.9 Å². The summed E-state index contributed by atoms with van der Waals surface area (Å²) >= 11 is 0. The number of unbranched alkanes of at least 4 members (excludes halogenated alkanes) is 3. The predicted molar refractivity (Wildman–Crippen MR) is 118 cm³/mol. The number of benzene rings is 2. The molecule has 0 aromatic heterocycles. The van der Waals surface area contributed by atoms with Crippen molar-refractivity contribution >= 4 is 0 Å². The molecule has 2 aromatic rings. The van der Waals surface area contributed by atoms with Crippen LogP contribution in [0.1, 0.15) is 76.0 Å². The van der Waals surface area contributed by atoms with E-state index in [0.29, 0.717) is 37.2 Å². The van der Waals surface area contributed by atoms with Gasteiger partial charge in [0.05, 0.1) is 18.8 Å². The molecule has 0 radical (unpaired) electrons. The van der Waals surface area contributed by atoms with Gasteiger partial charge in [0.15, 0.2) is 11.6 Å². The van der Waals surface area contributed by atoms with E-state index in [1.807, 2.05) is 0 Å². The van der Waals surface area contributed by atoms with Crippen LogP contribution in [0.15, 0.2) is 30.3 Å². The van der Waals surface area contributed by atoms with E-state index in [1.165, 1.54) is 12.1 Å². The third-order valence-corrected chi connectivity index (χ3v) is 5.96. The molecule has 1 saturated heterocycles. The molecule has 2 unspecified atom stereocenters. The Kier molecular flexibility index (Phi) is 8.97. The fraction of sp³-hybridized carbons (Fsp3) is 0.538. The van der Waals surface area contributed by atoms with Gasteiger partial charge in [-0.1, -0.05) is 57.4 Å². The summed E-state index contributed by atoms with van der Waals surface area (Å²) in [5.74, 6) is -2.25. The topological polar surface area (TPSA) is 18.5 Å². The lowest BCUT2D eigenvalue weighted by atomic mass is 9.95. The molecule has 2 aromatic carbocycles. The van der Waals surface area contributed by atoms with Gasteiger partial charge in [0.2, 0.25) is 0 Å². The molecule has 1 aliphatic heterocycles. The number of hydrogen-bond donors (Lipinski definition) is 0. The van der Waals surface area contributed by atoms with E-state index < -0.39 is 17.7 Å². The highest BCUT2D eigenvalue weighted by molar-refractivity contribution is 5.65. The van der Waals surface area contributed by atoms with Gasteiger partial charge in [-0.05, 0) is 49.3 Å². The Bertz CT molecular complexity index is 845. The van der Waals surface area contributed by atoms with Crippen LogP contribution < -0.4 is 0 Å². The van der Waals surface area contributed by atoms with Gasteiger partial charge >= 0.3 is 0 Å². The van der Waals surface area contributed by atoms with Crippen LogP contribution >= 0.6 is 0 Å². The van der Waals surface area contributed by atoms with E-state index in [4.69, 9.17) is 9.47 Å². The van der Waals surface area contributed by atoms with E-state index >= 15 is 0 Å². The average molecular weight is 435 g/mol. The molecule has 31 heavy (non-hydrogen) atoms. The van der Waals surface area contributed by atoms with Gasteiger partial charge in [-0.15, -0.1) is 0 Å². The van der Waals surface area contributed by atoms with Crippen LogP contribution in [-0.2, 0) is 15.9 Å². The Balaban J connectivity index is 1.69. The fourth-order valence-electron chi connectivity index (χ4n) is 4.02. The van der Waals surface area contributed by atoms with Crippen LogP contribution in [0.2, 0.25) is 0 Å². The summed E-state index contributed by atoms with van der Waals surface area (Å²) in [4.78, 5) is 0. The Morgan fingerprint density at radius 2 is 1.74 bits per heavy atom. The van der Waals surface area contributed by atoms with Gasteiger partial charge < -0.3 is 9.47 Å². The minimum atomic E-state index is -0.958. The highest BCUT2D eigenvalue weighted by Gasteiger charge is 2.27. The quantitative estimate of drug-likeness (QED) is 0.360. The number of hydrogen-bond acceptors (Lipinski definition) is 2. The van der Waals surface area contributed by atoms with E-state index in [9.17, 15) is 13.2 Å². The molecule has 170 valence electrons. The zero-order valence-electron chi connectivity index (χ0n) is 18.6. The van der Waals surface area contributed by atoms with Crippen molar-refractivity contribution in [2.75, 3.05) is 13.2 Å². The molecule has 0 N–H and O–H groups in total. The monoisotopic (exact) mass is 434 g/mol. The molecule has 1 fully saturated rings. The standard InChI is InChI=1S/C26H33F3O2/c1-3-5-7-8-18-9-10-19(16-23(18)27)21-12-13-22(26(29)25(21)28)24-14-11-20(17-31-24)30-15-6-4-2/h9-10,12-13,16,20,24H,3-8,11,14-15,17H2,1-2H3. The van der Waals surface area contributed by atoms with Gasteiger partial charge in [-0.3, -0.25) is 0 Å². The third kappa shape index (κ3) is 6.11. The molecule has 3 rings (SSSR count). The second-order valence-electron chi connectivity index (χ2n) is 8.34. The molecule has 5 heteroatoms. The molecule has 2 nitrogen and oxygen atoms in total. The van der Waals surface area contributed by atoms with Crippen LogP contribution in [0.25, 0.3) is 11.1 Å². The molecule has 0 saturated carbocycles. The van der Waals surface area contributed by atoms with Crippen molar-refractivity contribution in [3.63, 3.8) is 0 Å². The van der Waals surface area contributed by atoms with E-state index in [-0.39, 0.29) is 23.0 Å². The van der Waals surface area contributed by atoms with Gasteiger partial charge in [-0.25, -0.2) is 13.2 Å². The van der Waals surface area contributed by atoms with E-state index in [0.717, 1.165) is 38.5 Å². The summed E-state index contributed by atoms with van der Waals surface area (Å²) in [6.07, 6.45) is 6.58. The molecule has 0 spiro atoms. The highest BCUT2D eigenvalue weighted by atomic mass is 19.2. The Hall–Kier alpha value is -1.85. The molecular weight excluding hydrogens is 401 g/mol. The number of ether oxygens (including phenoxy) is 2. The smallest absolute Gasteiger partial charge is 0.167 e. The van der Waals surface area contributed by atoms with Crippen molar-refractivity contribution < 1.29 is 22.6 Å². The van der Waals surface area contributed by atoms with Gasteiger partial charge in [0.1, 0.15) is 5.82 Å². The second-order valence-corrected chi connectivity index (χ2v) is 8.34. The normalized spacial score (nSPS) is 19.0. The van der Waals surface area contributed by atoms with Crippen LogP contribution in [-0.4, -0.2) is 19.3 Å². The third-order valence-electron chi connectivity index (χ3n) is 5.96. The first-order valence-corrected chi connectivity index (χ1v) is 11.5. The number of aryl methyl sites for hydroxylation is 1. The minimum Gasteiger partial charge on any atom is -0.376 e. The zero-order valence-corrected chi connectivity index (χ0v) is 18.6. The summed E-state index contributed by atoms with van der Waals surface area (Å²) in [7, 11) is 0. The molecule has 1 aliphatic rings. The van der Waals surface area contributed by atoms with Crippen LogP contribution in [0.4, 0.5) is 13.2 Å². The van der Waals surface area contributed by atoms with E-state index in [2.05, 4.69) is 13.8 Å². The lowest BCUT2D eigenvalue weighted by Crippen LogP contribution is -2.28. The van der Waals surface area contributed by atoms with Gasteiger partial charge in [-0.2, -0.15) is 0 Å². The highest BCUT2D eigenvalue weighted by Crippen LogP contribution is 2.35. The summed E-state index contributed by atoms with van der Waals surface area (Å²) in [5, 5.41) is 0. The predicted octanol–water partition coefficient (Wildman–Crippen LogP) is 7.54. The van der Waals surface area contributed by atoms with Crippen LogP contribution in [0.3, 0.4) is 0 Å². The van der Waals surface area contributed by atoms with Crippen molar-refractivity contribution in [1.29, 1.82) is 0 Å². The summed E-state index contributed by atoms with van der Waals surface area (Å²) < 4.78 is 55.8. The second kappa shape index (κ2) is 11.7. The summed E-state index contributed by atoms with van der Waals surface area (Å²) in [6, 6.07) is 7.72. The first kappa shape index (κ1) is 23.8. The first-order chi connectivity index (χ1) is 15.0. The maximum atomic E-state index is 14.9. The molecule has 0 aliphatic carbocycles.